The van der Waals surface area contributed by atoms with Crippen molar-refractivity contribution in [2.24, 2.45) is 0 Å². The highest BCUT2D eigenvalue weighted by Crippen LogP contribution is 2.20. The standard InChI is InChI=1S/C23H25N3O2/c1-5-15-28-21-13-11-19(12-14-21)23(27)25(4)16-22-17(2)24-26(18(22)3)20-9-7-6-8-10-20/h5-14H,1,15-16H2,2-4H3. The molecule has 3 aromatic rings. The molecule has 3 rings (SSSR count). The lowest BCUT2D eigenvalue weighted by Gasteiger charge is -2.18. The lowest BCUT2D eigenvalue weighted by Crippen LogP contribution is -2.26. The first-order valence-electron chi connectivity index (χ1n) is 9.21. The molecule has 0 aliphatic heterocycles. The molecule has 28 heavy (non-hydrogen) atoms. The first-order valence-corrected chi connectivity index (χ1v) is 9.21. The number of nitrogens with zero attached hydrogens (tertiary/aromatic N) is 3. The van der Waals surface area contributed by atoms with Crippen molar-refractivity contribution in [3.63, 3.8) is 0 Å². The van der Waals surface area contributed by atoms with Crippen molar-refractivity contribution in [3.05, 3.63) is 89.8 Å². The van der Waals surface area contributed by atoms with E-state index in [4.69, 9.17) is 4.74 Å². The first kappa shape index (κ1) is 19.4. The predicted octanol–water partition coefficient (Wildman–Crippen LogP) is 4.33. The van der Waals surface area contributed by atoms with Gasteiger partial charge in [-0.2, -0.15) is 5.10 Å². The number of amides is 1. The van der Waals surface area contributed by atoms with Crippen LogP contribution in [0.1, 0.15) is 27.3 Å². The molecular weight excluding hydrogens is 350 g/mol. The molecule has 1 heterocycles. The zero-order valence-corrected chi connectivity index (χ0v) is 16.6. The average Bonchev–Trinajstić information content (AvgIpc) is 3.01. The second-order valence-corrected chi connectivity index (χ2v) is 6.68. The van der Waals surface area contributed by atoms with Gasteiger partial charge in [-0.25, -0.2) is 4.68 Å². The number of aryl methyl sites for hydroxylation is 1. The minimum Gasteiger partial charge on any atom is -0.490 e. The number of benzene rings is 2. The number of hydrogen-bond acceptors (Lipinski definition) is 3. The Labute approximate surface area is 165 Å². The quantitative estimate of drug-likeness (QED) is 0.578. The van der Waals surface area contributed by atoms with E-state index in [1.165, 1.54) is 0 Å². The van der Waals surface area contributed by atoms with Gasteiger partial charge in [0.25, 0.3) is 5.91 Å². The topological polar surface area (TPSA) is 47.4 Å². The van der Waals surface area contributed by atoms with Crippen molar-refractivity contribution in [3.8, 4) is 11.4 Å². The van der Waals surface area contributed by atoms with Gasteiger partial charge in [0.2, 0.25) is 0 Å². The smallest absolute Gasteiger partial charge is 0.253 e. The summed E-state index contributed by atoms with van der Waals surface area (Å²) in [6, 6.07) is 17.2. The number of hydrogen-bond donors (Lipinski definition) is 0. The van der Waals surface area contributed by atoms with E-state index < -0.39 is 0 Å². The minimum absolute atomic E-state index is 0.0402. The zero-order valence-electron chi connectivity index (χ0n) is 16.6. The molecule has 0 aliphatic carbocycles. The lowest BCUT2D eigenvalue weighted by atomic mass is 10.1. The Balaban J connectivity index is 1.75. The van der Waals surface area contributed by atoms with Gasteiger partial charge in [-0.3, -0.25) is 4.79 Å². The summed E-state index contributed by atoms with van der Waals surface area (Å²) in [5.74, 6) is 0.677. The van der Waals surface area contributed by atoms with Crippen LogP contribution in [0.5, 0.6) is 5.75 Å². The van der Waals surface area contributed by atoms with E-state index in [0.717, 1.165) is 28.4 Å². The van der Waals surface area contributed by atoms with Gasteiger partial charge in [0, 0.05) is 30.4 Å². The van der Waals surface area contributed by atoms with Crippen molar-refractivity contribution in [2.75, 3.05) is 13.7 Å². The van der Waals surface area contributed by atoms with Gasteiger partial charge in [0.15, 0.2) is 0 Å². The molecule has 1 aromatic heterocycles. The molecule has 0 radical (unpaired) electrons. The van der Waals surface area contributed by atoms with Crippen molar-refractivity contribution in [2.45, 2.75) is 20.4 Å². The number of carbonyl (C=O) groups is 1. The molecule has 0 saturated carbocycles. The molecule has 5 heteroatoms. The fraction of sp³-hybridized carbons (Fsp3) is 0.217. The molecule has 0 saturated heterocycles. The monoisotopic (exact) mass is 375 g/mol. The molecule has 1 amide bonds. The van der Waals surface area contributed by atoms with Crippen LogP contribution in [0.25, 0.3) is 5.69 Å². The van der Waals surface area contributed by atoms with Gasteiger partial charge in [0.1, 0.15) is 12.4 Å². The van der Waals surface area contributed by atoms with Crippen LogP contribution in [0.3, 0.4) is 0 Å². The van der Waals surface area contributed by atoms with Gasteiger partial charge < -0.3 is 9.64 Å². The van der Waals surface area contributed by atoms with Crippen LogP contribution >= 0.6 is 0 Å². The molecule has 144 valence electrons. The molecule has 0 aliphatic rings. The number of para-hydroxylation sites is 1. The summed E-state index contributed by atoms with van der Waals surface area (Å²) in [5, 5.41) is 4.66. The van der Waals surface area contributed by atoms with Crippen molar-refractivity contribution >= 4 is 5.91 Å². The summed E-state index contributed by atoms with van der Waals surface area (Å²) in [4.78, 5) is 14.5. The van der Waals surface area contributed by atoms with Crippen molar-refractivity contribution in [1.29, 1.82) is 0 Å². The molecule has 0 atom stereocenters. The van der Waals surface area contributed by atoms with Crippen LogP contribution in [0.2, 0.25) is 0 Å². The summed E-state index contributed by atoms with van der Waals surface area (Å²) in [6.45, 7) is 8.58. The maximum absolute atomic E-state index is 12.8. The summed E-state index contributed by atoms with van der Waals surface area (Å²) in [6.07, 6.45) is 1.69. The normalized spacial score (nSPS) is 10.5. The van der Waals surface area contributed by atoms with Crippen LogP contribution in [0, 0.1) is 13.8 Å². The summed E-state index contributed by atoms with van der Waals surface area (Å²) >= 11 is 0. The molecule has 2 aromatic carbocycles. The van der Waals surface area contributed by atoms with Crippen LogP contribution in [-0.4, -0.2) is 34.2 Å². The van der Waals surface area contributed by atoms with Gasteiger partial charge >= 0.3 is 0 Å². The largest absolute Gasteiger partial charge is 0.490 e. The fourth-order valence-corrected chi connectivity index (χ4v) is 3.10. The highest BCUT2D eigenvalue weighted by atomic mass is 16.5. The Bertz CT molecular complexity index is 960. The molecule has 0 bridgehead atoms. The Morgan fingerprint density at radius 3 is 2.46 bits per heavy atom. The SMILES string of the molecule is C=CCOc1ccc(C(=O)N(C)Cc2c(C)nn(-c3ccccc3)c2C)cc1. The van der Waals surface area contributed by atoms with Gasteiger partial charge in [0.05, 0.1) is 11.4 Å². The van der Waals surface area contributed by atoms with Crippen LogP contribution < -0.4 is 4.74 Å². The zero-order chi connectivity index (χ0) is 20.1. The second kappa shape index (κ2) is 8.57. The molecular formula is C23H25N3O2. The summed E-state index contributed by atoms with van der Waals surface area (Å²) < 4.78 is 7.39. The van der Waals surface area contributed by atoms with E-state index in [1.807, 2.05) is 55.9 Å². The third kappa shape index (κ3) is 4.14. The van der Waals surface area contributed by atoms with E-state index >= 15 is 0 Å². The van der Waals surface area contributed by atoms with Crippen LogP contribution in [0.15, 0.2) is 67.3 Å². The Morgan fingerprint density at radius 1 is 1.14 bits per heavy atom. The lowest BCUT2D eigenvalue weighted by molar-refractivity contribution is 0.0784. The third-order valence-corrected chi connectivity index (χ3v) is 4.65. The van der Waals surface area contributed by atoms with Gasteiger partial charge in [-0.15, -0.1) is 0 Å². The van der Waals surface area contributed by atoms with E-state index in [1.54, 1.807) is 35.2 Å². The Kier molecular flexibility index (Phi) is 5.94. The van der Waals surface area contributed by atoms with E-state index in [9.17, 15) is 4.79 Å². The van der Waals surface area contributed by atoms with Gasteiger partial charge in [-0.1, -0.05) is 30.9 Å². The Hall–Kier alpha value is -3.34. The summed E-state index contributed by atoms with van der Waals surface area (Å²) in [5.41, 5.74) is 4.66. The Morgan fingerprint density at radius 2 is 1.82 bits per heavy atom. The first-order chi connectivity index (χ1) is 13.5. The average molecular weight is 375 g/mol. The number of aromatic nitrogens is 2. The molecule has 0 fully saturated rings. The van der Waals surface area contributed by atoms with Crippen molar-refractivity contribution in [1.82, 2.24) is 14.7 Å². The molecule has 0 N–H and O–H groups in total. The molecule has 0 spiro atoms. The highest BCUT2D eigenvalue weighted by molar-refractivity contribution is 5.94. The molecule has 0 unspecified atom stereocenters. The predicted molar refractivity (Wildman–Crippen MR) is 111 cm³/mol. The minimum atomic E-state index is -0.0402. The number of ether oxygens (including phenoxy) is 1. The second-order valence-electron chi connectivity index (χ2n) is 6.68. The highest BCUT2D eigenvalue weighted by Gasteiger charge is 2.18. The van der Waals surface area contributed by atoms with Crippen molar-refractivity contribution < 1.29 is 9.53 Å². The number of carbonyl (C=O) groups excluding carboxylic acids is 1. The van der Waals surface area contributed by atoms with Crippen LogP contribution in [0.4, 0.5) is 0 Å². The maximum atomic E-state index is 12.8. The van der Waals surface area contributed by atoms with Gasteiger partial charge in [-0.05, 0) is 50.2 Å². The third-order valence-electron chi connectivity index (χ3n) is 4.65. The van der Waals surface area contributed by atoms with E-state index in [0.29, 0.717) is 18.7 Å². The van der Waals surface area contributed by atoms with Crippen LogP contribution in [-0.2, 0) is 6.54 Å². The van der Waals surface area contributed by atoms with E-state index in [2.05, 4.69) is 11.7 Å². The molecule has 5 nitrogen and oxygen atoms in total. The maximum Gasteiger partial charge on any atom is 0.253 e. The van der Waals surface area contributed by atoms with E-state index in [-0.39, 0.29) is 5.91 Å². The number of rotatable bonds is 7. The fourth-order valence-electron chi connectivity index (χ4n) is 3.10. The summed E-state index contributed by atoms with van der Waals surface area (Å²) in [7, 11) is 1.81.